The van der Waals surface area contributed by atoms with Gasteiger partial charge < -0.3 is 9.88 Å². The van der Waals surface area contributed by atoms with Gasteiger partial charge in [0.15, 0.2) is 0 Å². The molecule has 6 nitrogen and oxygen atoms in total. The minimum atomic E-state index is -0.527. The van der Waals surface area contributed by atoms with Crippen molar-refractivity contribution in [1.29, 1.82) is 0 Å². The van der Waals surface area contributed by atoms with Crippen LogP contribution in [0.25, 0.3) is 10.9 Å². The lowest BCUT2D eigenvalue weighted by Crippen LogP contribution is -2.36. The zero-order chi connectivity index (χ0) is 17.4. The Kier molecular flexibility index (Phi) is 3.74. The molecule has 2 amide bonds. The van der Waals surface area contributed by atoms with Gasteiger partial charge in [-0.15, -0.1) is 0 Å². The van der Waals surface area contributed by atoms with Crippen molar-refractivity contribution in [2.75, 3.05) is 6.54 Å². The maximum absolute atomic E-state index is 12.8. The van der Waals surface area contributed by atoms with E-state index in [4.69, 9.17) is 5.21 Å². The first-order valence-corrected chi connectivity index (χ1v) is 8.08. The number of rotatable bonds is 2. The Morgan fingerprint density at radius 1 is 1.04 bits per heavy atom. The first-order chi connectivity index (χ1) is 12.2. The van der Waals surface area contributed by atoms with Gasteiger partial charge in [-0.1, -0.05) is 6.07 Å². The molecule has 0 fully saturated rings. The van der Waals surface area contributed by atoms with E-state index in [9.17, 15) is 9.59 Å². The van der Waals surface area contributed by atoms with Crippen molar-refractivity contribution < 1.29 is 14.8 Å². The van der Waals surface area contributed by atoms with Gasteiger partial charge in [0.25, 0.3) is 11.8 Å². The average molecular weight is 335 g/mol. The van der Waals surface area contributed by atoms with E-state index in [-0.39, 0.29) is 5.91 Å². The quantitative estimate of drug-likeness (QED) is 0.497. The van der Waals surface area contributed by atoms with Crippen molar-refractivity contribution in [3.05, 3.63) is 70.9 Å². The van der Waals surface area contributed by atoms with Crippen molar-refractivity contribution in [2.45, 2.75) is 13.0 Å². The van der Waals surface area contributed by atoms with Gasteiger partial charge in [-0.05, 0) is 53.9 Å². The molecule has 3 aromatic rings. The Balaban J connectivity index is 1.57. The van der Waals surface area contributed by atoms with Gasteiger partial charge in [0, 0.05) is 41.3 Å². The summed E-state index contributed by atoms with van der Waals surface area (Å²) in [5.74, 6) is -0.521. The summed E-state index contributed by atoms with van der Waals surface area (Å²) in [5.41, 5.74) is 5.80. The number of benzene rings is 2. The van der Waals surface area contributed by atoms with Crippen LogP contribution < -0.4 is 5.48 Å². The van der Waals surface area contributed by atoms with E-state index in [1.165, 1.54) is 0 Å². The van der Waals surface area contributed by atoms with Gasteiger partial charge in [0.1, 0.15) is 0 Å². The predicted molar refractivity (Wildman–Crippen MR) is 92.4 cm³/mol. The van der Waals surface area contributed by atoms with Crippen LogP contribution in [-0.2, 0) is 13.0 Å². The van der Waals surface area contributed by atoms with Crippen LogP contribution >= 0.6 is 0 Å². The summed E-state index contributed by atoms with van der Waals surface area (Å²) < 4.78 is 0. The van der Waals surface area contributed by atoms with E-state index < -0.39 is 5.91 Å². The molecule has 0 aliphatic carbocycles. The van der Waals surface area contributed by atoms with Gasteiger partial charge in [-0.25, -0.2) is 5.48 Å². The Hall–Kier alpha value is -3.12. The number of amides is 2. The highest BCUT2D eigenvalue weighted by atomic mass is 16.5. The molecule has 0 radical (unpaired) electrons. The van der Waals surface area contributed by atoms with E-state index in [1.807, 2.05) is 41.4 Å². The molecule has 0 atom stereocenters. The van der Waals surface area contributed by atoms with Crippen LogP contribution in [0.15, 0.2) is 48.7 Å². The number of fused-ring (bicyclic) bond motifs is 2. The summed E-state index contributed by atoms with van der Waals surface area (Å²) in [6.45, 7) is 1.11. The predicted octanol–water partition coefficient (Wildman–Crippen LogP) is 2.49. The van der Waals surface area contributed by atoms with Crippen molar-refractivity contribution in [2.24, 2.45) is 0 Å². The molecule has 1 aromatic heterocycles. The van der Waals surface area contributed by atoms with Crippen molar-refractivity contribution >= 4 is 22.7 Å². The average Bonchev–Trinajstić information content (AvgIpc) is 3.13. The molecular formula is C19H17N3O3. The smallest absolute Gasteiger partial charge is 0.274 e. The number of aromatic nitrogens is 1. The Bertz CT molecular complexity index is 977. The molecule has 0 saturated carbocycles. The minimum absolute atomic E-state index is 0.00549. The second-order valence-corrected chi connectivity index (χ2v) is 6.18. The number of carbonyl (C=O) groups is 2. The number of aromatic amines is 1. The Morgan fingerprint density at radius 3 is 2.72 bits per heavy atom. The largest absolute Gasteiger partial charge is 0.361 e. The zero-order valence-electron chi connectivity index (χ0n) is 13.5. The van der Waals surface area contributed by atoms with Crippen LogP contribution in [0.4, 0.5) is 0 Å². The second kappa shape index (κ2) is 6.07. The first-order valence-electron chi connectivity index (χ1n) is 8.08. The van der Waals surface area contributed by atoms with E-state index in [0.29, 0.717) is 30.6 Å². The number of H-pyrrole nitrogens is 1. The fraction of sp³-hybridized carbons (Fsp3) is 0.158. The summed E-state index contributed by atoms with van der Waals surface area (Å²) >= 11 is 0. The lowest BCUT2D eigenvalue weighted by atomic mass is 9.96. The zero-order valence-corrected chi connectivity index (χ0v) is 13.5. The number of nitrogens with zero attached hydrogens (tertiary/aromatic N) is 1. The van der Waals surface area contributed by atoms with Gasteiger partial charge in [0.2, 0.25) is 0 Å². The fourth-order valence-corrected chi connectivity index (χ4v) is 3.30. The molecule has 3 N–H and O–H groups in total. The molecule has 0 spiro atoms. The van der Waals surface area contributed by atoms with Gasteiger partial charge in [-0.2, -0.15) is 0 Å². The monoisotopic (exact) mass is 335 g/mol. The molecule has 25 heavy (non-hydrogen) atoms. The summed E-state index contributed by atoms with van der Waals surface area (Å²) in [6.07, 6.45) is 2.54. The number of carbonyl (C=O) groups excluding carboxylic acids is 2. The van der Waals surface area contributed by atoms with Crippen LogP contribution in [0, 0.1) is 0 Å². The van der Waals surface area contributed by atoms with Gasteiger partial charge >= 0.3 is 0 Å². The number of nitrogens with one attached hydrogen (secondary N) is 2. The highest BCUT2D eigenvalue weighted by Crippen LogP contribution is 2.23. The first kappa shape index (κ1) is 15.4. The SMILES string of the molecule is O=C(NO)c1ccc2c(c1)CCN(C(=O)c1ccc3[nH]ccc3c1)C2. The Labute approximate surface area is 144 Å². The van der Waals surface area contributed by atoms with E-state index >= 15 is 0 Å². The minimum Gasteiger partial charge on any atom is -0.361 e. The molecule has 1 aliphatic rings. The molecular weight excluding hydrogens is 318 g/mol. The molecule has 6 heteroatoms. The van der Waals surface area contributed by atoms with Crippen LogP contribution in [0.1, 0.15) is 31.8 Å². The fourth-order valence-electron chi connectivity index (χ4n) is 3.30. The lowest BCUT2D eigenvalue weighted by molar-refractivity contribution is 0.0702. The van der Waals surface area contributed by atoms with Crippen LogP contribution in [-0.4, -0.2) is 33.5 Å². The van der Waals surface area contributed by atoms with Crippen LogP contribution in [0.5, 0.6) is 0 Å². The summed E-state index contributed by atoms with van der Waals surface area (Å²) in [4.78, 5) is 29.3. The molecule has 4 rings (SSSR count). The van der Waals surface area contributed by atoms with E-state index in [1.54, 1.807) is 17.6 Å². The topological polar surface area (TPSA) is 85.4 Å². The maximum Gasteiger partial charge on any atom is 0.274 e. The van der Waals surface area contributed by atoms with Crippen molar-refractivity contribution in [3.8, 4) is 0 Å². The highest BCUT2D eigenvalue weighted by Gasteiger charge is 2.22. The molecule has 1 aliphatic heterocycles. The number of hydroxylamine groups is 1. The lowest BCUT2D eigenvalue weighted by Gasteiger charge is -2.29. The third-order valence-corrected chi connectivity index (χ3v) is 4.67. The maximum atomic E-state index is 12.8. The Morgan fingerprint density at radius 2 is 1.88 bits per heavy atom. The molecule has 0 bridgehead atoms. The third kappa shape index (κ3) is 2.77. The van der Waals surface area contributed by atoms with Gasteiger partial charge in [0.05, 0.1) is 0 Å². The highest BCUT2D eigenvalue weighted by molar-refractivity contribution is 5.98. The van der Waals surface area contributed by atoms with Gasteiger partial charge in [-0.3, -0.25) is 14.8 Å². The van der Waals surface area contributed by atoms with Crippen molar-refractivity contribution in [1.82, 2.24) is 15.4 Å². The molecule has 126 valence electrons. The normalized spacial score (nSPS) is 13.6. The van der Waals surface area contributed by atoms with Crippen molar-refractivity contribution in [3.63, 3.8) is 0 Å². The molecule has 0 unspecified atom stereocenters. The second-order valence-electron chi connectivity index (χ2n) is 6.18. The number of hydrogen-bond donors (Lipinski definition) is 3. The van der Waals surface area contributed by atoms with E-state index in [2.05, 4.69) is 4.98 Å². The summed E-state index contributed by atoms with van der Waals surface area (Å²) in [5, 5.41) is 9.75. The van der Waals surface area contributed by atoms with E-state index in [0.717, 1.165) is 22.0 Å². The molecule has 2 aromatic carbocycles. The standard InChI is InChI=1S/C19H17N3O3/c23-18(21-25)14-1-2-16-11-22(8-6-12(16)9-14)19(24)15-3-4-17-13(10-15)5-7-20-17/h1-5,7,9-10,20,25H,6,8,11H2,(H,21,23). The third-order valence-electron chi connectivity index (χ3n) is 4.67. The summed E-state index contributed by atoms with van der Waals surface area (Å²) in [7, 11) is 0. The number of hydrogen-bond acceptors (Lipinski definition) is 3. The van der Waals surface area contributed by atoms with Crippen LogP contribution in [0.2, 0.25) is 0 Å². The summed E-state index contributed by atoms with van der Waals surface area (Å²) in [6, 6.07) is 12.9. The molecule has 0 saturated heterocycles. The molecule has 2 heterocycles. The van der Waals surface area contributed by atoms with Crippen LogP contribution in [0.3, 0.4) is 0 Å².